The highest BCUT2D eigenvalue weighted by molar-refractivity contribution is 5.92. The molecule has 4 nitrogen and oxygen atoms in total. The Morgan fingerprint density at radius 3 is 2.65 bits per heavy atom. The average Bonchev–Trinajstić information content (AvgIpc) is 2.65. The zero-order chi connectivity index (χ0) is 18.4. The van der Waals surface area contributed by atoms with E-state index in [1.165, 1.54) is 43.2 Å². The Morgan fingerprint density at radius 1 is 1.15 bits per heavy atom. The largest absolute Gasteiger partial charge is 0.457 e. The van der Waals surface area contributed by atoms with Crippen LogP contribution in [0.3, 0.4) is 0 Å². The van der Waals surface area contributed by atoms with Crippen LogP contribution in [0.15, 0.2) is 42.5 Å². The number of hydrogen-bond donors (Lipinski definition) is 2. The zero-order valence-corrected chi connectivity index (χ0v) is 15.5. The second kappa shape index (κ2) is 8.86. The fraction of sp³-hybridized carbons (Fsp3) is 0.409. The molecule has 2 aromatic rings. The van der Waals surface area contributed by atoms with Crippen LogP contribution in [0.1, 0.15) is 66.6 Å². The number of unbranched alkanes of at least 4 members (excludes halogenated alkanes) is 2. The first kappa shape index (κ1) is 18.5. The summed E-state index contributed by atoms with van der Waals surface area (Å²) in [6.07, 6.45) is 7.28. The minimum atomic E-state index is -0.428. The first-order valence-electron chi connectivity index (χ1n) is 9.61. The van der Waals surface area contributed by atoms with Crippen molar-refractivity contribution >= 4 is 5.91 Å². The maximum absolute atomic E-state index is 11.1. The number of carbonyl (C=O) groups is 1. The van der Waals surface area contributed by atoms with Crippen molar-refractivity contribution < 1.29 is 9.53 Å². The van der Waals surface area contributed by atoms with Crippen LogP contribution in [0.5, 0.6) is 11.5 Å². The number of nitrogens with two attached hydrogens (primary N) is 1. The molecule has 26 heavy (non-hydrogen) atoms. The molecule has 0 saturated heterocycles. The van der Waals surface area contributed by atoms with E-state index in [-0.39, 0.29) is 0 Å². The lowest BCUT2D eigenvalue weighted by atomic mass is 9.87. The van der Waals surface area contributed by atoms with Gasteiger partial charge < -0.3 is 15.8 Å². The van der Waals surface area contributed by atoms with Crippen LogP contribution in [0.2, 0.25) is 0 Å². The Labute approximate surface area is 155 Å². The number of fused-ring (bicyclic) bond motifs is 1. The molecule has 0 radical (unpaired) electrons. The molecule has 0 heterocycles. The quantitative estimate of drug-likeness (QED) is 0.675. The predicted octanol–water partition coefficient (Wildman–Crippen LogP) is 4.74. The van der Waals surface area contributed by atoms with Crippen molar-refractivity contribution in [2.45, 2.75) is 51.5 Å². The summed E-state index contributed by atoms with van der Waals surface area (Å²) in [7, 11) is 0. The van der Waals surface area contributed by atoms with E-state index in [0.717, 1.165) is 18.7 Å². The number of benzene rings is 2. The highest BCUT2D eigenvalue weighted by atomic mass is 16.5. The summed E-state index contributed by atoms with van der Waals surface area (Å²) in [4.78, 5) is 11.1. The van der Waals surface area contributed by atoms with Gasteiger partial charge in [0.05, 0.1) is 0 Å². The third kappa shape index (κ3) is 4.64. The standard InChI is InChI=1S/C22H28N2O2/c1-2-3-4-14-24-21-7-5-6-17-15-19(12-13-20(17)21)26-18-10-8-16(9-11-18)22(23)25/h8-13,15,21,24H,2-7,14H2,1H3,(H2,23,25). The Hall–Kier alpha value is -2.33. The molecule has 1 unspecified atom stereocenters. The van der Waals surface area contributed by atoms with Crippen molar-refractivity contribution in [3.63, 3.8) is 0 Å². The van der Waals surface area contributed by atoms with E-state index in [4.69, 9.17) is 10.5 Å². The van der Waals surface area contributed by atoms with E-state index >= 15 is 0 Å². The van der Waals surface area contributed by atoms with E-state index in [9.17, 15) is 4.79 Å². The number of rotatable bonds is 8. The third-order valence-electron chi connectivity index (χ3n) is 4.97. The third-order valence-corrected chi connectivity index (χ3v) is 4.97. The summed E-state index contributed by atoms with van der Waals surface area (Å²) < 4.78 is 5.95. The molecule has 1 aliphatic rings. The minimum Gasteiger partial charge on any atom is -0.457 e. The van der Waals surface area contributed by atoms with Crippen LogP contribution >= 0.6 is 0 Å². The van der Waals surface area contributed by atoms with Gasteiger partial charge in [0.15, 0.2) is 0 Å². The predicted molar refractivity (Wildman–Crippen MR) is 105 cm³/mol. The minimum absolute atomic E-state index is 0.428. The van der Waals surface area contributed by atoms with Crippen LogP contribution < -0.4 is 15.8 Å². The lowest BCUT2D eigenvalue weighted by molar-refractivity contribution is 0.100. The molecule has 4 heteroatoms. The van der Waals surface area contributed by atoms with Crippen LogP contribution in [-0.4, -0.2) is 12.5 Å². The lowest BCUT2D eigenvalue weighted by Crippen LogP contribution is -2.26. The molecule has 3 N–H and O–H groups in total. The SMILES string of the molecule is CCCCCNC1CCCc2cc(Oc3ccc(C(N)=O)cc3)ccc21. The molecule has 3 rings (SSSR count). The van der Waals surface area contributed by atoms with Crippen molar-refractivity contribution in [1.29, 1.82) is 0 Å². The first-order chi connectivity index (χ1) is 12.7. The molecule has 0 aliphatic heterocycles. The van der Waals surface area contributed by atoms with Gasteiger partial charge in [0.2, 0.25) is 5.91 Å². The summed E-state index contributed by atoms with van der Waals surface area (Å²) in [6, 6.07) is 13.8. The molecule has 0 aromatic heterocycles. The Morgan fingerprint density at radius 2 is 1.92 bits per heavy atom. The van der Waals surface area contributed by atoms with Crippen LogP contribution in [0.25, 0.3) is 0 Å². The molecule has 1 amide bonds. The van der Waals surface area contributed by atoms with Crippen LogP contribution in [-0.2, 0) is 6.42 Å². The zero-order valence-electron chi connectivity index (χ0n) is 15.5. The maximum atomic E-state index is 11.1. The molecule has 0 saturated carbocycles. The van der Waals surface area contributed by atoms with Crippen molar-refractivity contribution in [1.82, 2.24) is 5.32 Å². The Kier molecular flexibility index (Phi) is 6.29. The van der Waals surface area contributed by atoms with E-state index in [2.05, 4.69) is 24.4 Å². The summed E-state index contributed by atoms with van der Waals surface area (Å²) in [6.45, 7) is 3.32. The maximum Gasteiger partial charge on any atom is 0.248 e. The molecule has 0 bridgehead atoms. The molecule has 1 aliphatic carbocycles. The second-order valence-corrected chi connectivity index (χ2v) is 6.96. The normalized spacial score (nSPS) is 16.1. The number of carbonyl (C=O) groups excluding carboxylic acids is 1. The molecule has 0 spiro atoms. The van der Waals surface area contributed by atoms with Crippen molar-refractivity contribution in [3.8, 4) is 11.5 Å². The van der Waals surface area contributed by atoms with Gasteiger partial charge in [-0.05, 0) is 79.8 Å². The van der Waals surface area contributed by atoms with Crippen molar-refractivity contribution in [3.05, 3.63) is 59.2 Å². The van der Waals surface area contributed by atoms with Crippen LogP contribution in [0.4, 0.5) is 0 Å². The van der Waals surface area contributed by atoms with Gasteiger partial charge in [-0.3, -0.25) is 4.79 Å². The molecular weight excluding hydrogens is 324 g/mol. The van der Waals surface area contributed by atoms with E-state index < -0.39 is 5.91 Å². The fourth-order valence-corrected chi connectivity index (χ4v) is 3.54. The summed E-state index contributed by atoms with van der Waals surface area (Å²) in [5.74, 6) is 1.12. The van der Waals surface area contributed by atoms with Gasteiger partial charge in [0.1, 0.15) is 11.5 Å². The number of nitrogens with one attached hydrogen (secondary N) is 1. The topological polar surface area (TPSA) is 64.3 Å². The molecule has 2 aromatic carbocycles. The van der Waals surface area contributed by atoms with Gasteiger partial charge in [-0.25, -0.2) is 0 Å². The highest BCUT2D eigenvalue weighted by Crippen LogP contribution is 2.33. The monoisotopic (exact) mass is 352 g/mol. The molecule has 138 valence electrons. The van der Waals surface area contributed by atoms with E-state index in [0.29, 0.717) is 17.4 Å². The number of aryl methyl sites for hydroxylation is 1. The molecular formula is C22H28N2O2. The summed E-state index contributed by atoms with van der Waals surface area (Å²) >= 11 is 0. The van der Waals surface area contributed by atoms with Gasteiger partial charge in [-0.2, -0.15) is 0 Å². The summed E-state index contributed by atoms with van der Waals surface area (Å²) in [5.41, 5.74) is 8.53. The number of amides is 1. The summed E-state index contributed by atoms with van der Waals surface area (Å²) in [5, 5.41) is 3.71. The Balaban J connectivity index is 1.67. The highest BCUT2D eigenvalue weighted by Gasteiger charge is 2.20. The Bertz CT molecular complexity index is 740. The van der Waals surface area contributed by atoms with Gasteiger partial charge in [-0.1, -0.05) is 25.8 Å². The smallest absolute Gasteiger partial charge is 0.248 e. The number of hydrogen-bond acceptors (Lipinski definition) is 3. The van der Waals surface area contributed by atoms with Gasteiger partial charge in [0.25, 0.3) is 0 Å². The van der Waals surface area contributed by atoms with Gasteiger partial charge in [0, 0.05) is 11.6 Å². The van der Waals surface area contributed by atoms with E-state index in [1.807, 2.05) is 6.07 Å². The second-order valence-electron chi connectivity index (χ2n) is 6.96. The first-order valence-corrected chi connectivity index (χ1v) is 9.61. The number of primary amides is 1. The molecule has 0 fully saturated rings. The van der Waals surface area contributed by atoms with Crippen LogP contribution in [0, 0.1) is 0 Å². The van der Waals surface area contributed by atoms with E-state index in [1.54, 1.807) is 24.3 Å². The average molecular weight is 352 g/mol. The molecule has 1 atom stereocenters. The van der Waals surface area contributed by atoms with Crippen molar-refractivity contribution in [2.75, 3.05) is 6.54 Å². The lowest BCUT2D eigenvalue weighted by Gasteiger charge is -2.27. The number of ether oxygens (including phenoxy) is 1. The van der Waals surface area contributed by atoms with Crippen molar-refractivity contribution in [2.24, 2.45) is 5.73 Å². The van der Waals surface area contributed by atoms with Gasteiger partial charge in [-0.15, -0.1) is 0 Å². The van der Waals surface area contributed by atoms with Gasteiger partial charge >= 0.3 is 0 Å². The fourth-order valence-electron chi connectivity index (χ4n) is 3.54.